The quantitative estimate of drug-likeness (QED) is 0.647. The molecule has 0 atom stereocenters. The van der Waals surface area contributed by atoms with Crippen LogP contribution in [0.3, 0.4) is 0 Å². The predicted octanol–water partition coefficient (Wildman–Crippen LogP) is 5.05. The van der Waals surface area contributed by atoms with Crippen LogP contribution in [-0.2, 0) is 0 Å². The molecule has 0 spiro atoms. The summed E-state index contributed by atoms with van der Waals surface area (Å²) in [6.07, 6.45) is 2.94. The first kappa shape index (κ1) is 17.8. The molecule has 2 aromatic carbocycles. The molecule has 3 rings (SSSR count). The van der Waals surface area contributed by atoms with E-state index in [1.54, 1.807) is 31.6 Å². The summed E-state index contributed by atoms with van der Waals surface area (Å²) >= 11 is 5.98. The first-order valence-corrected chi connectivity index (χ1v) is 8.26. The van der Waals surface area contributed by atoms with Gasteiger partial charge in [-0.05, 0) is 35.9 Å². The molecule has 0 aliphatic carbocycles. The molecule has 1 heterocycles. The minimum absolute atomic E-state index is 0.264. The average molecular weight is 369 g/mol. The van der Waals surface area contributed by atoms with Crippen molar-refractivity contribution in [2.45, 2.75) is 0 Å². The number of carbonyl (C=O) groups is 1. The van der Waals surface area contributed by atoms with E-state index in [-0.39, 0.29) is 5.75 Å². The van der Waals surface area contributed by atoms with Crippen molar-refractivity contribution in [3.05, 3.63) is 72.0 Å². The Labute approximate surface area is 156 Å². The number of anilines is 1. The highest BCUT2D eigenvalue weighted by Gasteiger charge is 2.17. The van der Waals surface area contributed by atoms with Gasteiger partial charge in [0, 0.05) is 41.8 Å². The minimum Gasteiger partial charge on any atom is -0.493 e. The molecule has 26 heavy (non-hydrogen) atoms. The van der Waals surface area contributed by atoms with E-state index in [4.69, 9.17) is 21.1 Å². The van der Waals surface area contributed by atoms with Gasteiger partial charge in [0.2, 0.25) is 0 Å². The van der Waals surface area contributed by atoms with Crippen molar-refractivity contribution in [3.63, 3.8) is 0 Å². The molecule has 0 unspecified atom stereocenters. The molecular weight excluding hydrogens is 352 g/mol. The second kappa shape index (κ2) is 7.89. The molecule has 1 amide bonds. The van der Waals surface area contributed by atoms with Crippen LogP contribution < -0.4 is 14.4 Å². The van der Waals surface area contributed by atoms with Gasteiger partial charge in [-0.25, -0.2) is 4.79 Å². The third-order valence-electron chi connectivity index (χ3n) is 3.83. The Balaban J connectivity index is 1.82. The molecule has 0 saturated carbocycles. The summed E-state index contributed by atoms with van der Waals surface area (Å²) in [5.41, 5.74) is 2.61. The van der Waals surface area contributed by atoms with Crippen LogP contribution in [0.5, 0.6) is 11.5 Å². The fraction of sp³-hybridized carbons (Fsp3) is 0.100. The zero-order valence-electron chi connectivity index (χ0n) is 14.3. The SMILES string of the molecule is COc1ccc(Cl)cc1OC(=O)N(C)c1cccc(-c2cccnc2)c1. The van der Waals surface area contributed by atoms with Crippen molar-refractivity contribution in [2.75, 3.05) is 19.1 Å². The van der Waals surface area contributed by atoms with Gasteiger partial charge in [0.1, 0.15) is 0 Å². The van der Waals surface area contributed by atoms with Crippen molar-refractivity contribution >= 4 is 23.4 Å². The number of halogens is 1. The first-order chi connectivity index (χ1) is 12.6. The molecular formula is C20H17ClN2O3. The first-order valence-electron chi connectivity index (χ1n) is 7.88. The summed E-state index contributed by atoms with van der Waals surface area (Å²) in [4.78, 5) is 18.1. The summed E-state index contributed by atoms with van der Waals surface area (Å²) in [5, 5.41) is 0.454. The Bertz CT molecular complexity index is 916. The second-order valence-electron chi connectivity index (χ2n) is 5.51. The Morgan fingerprint density at radius 3 is 2.58 bits per heavy atom. The molecule has 132 valence electrons. The van der Waals surface area contributed by atoms with Crippen molar-refractivity contribution in [1.82, 2.24) is 4.98 Å². The number of amides is 1. The molecule has 1 aromatic heterocycles. The molecule has 0 N–H and O–H groups in total. The van der Waals surface area contributed by atoms with Gasteiger partial charge in [-0.3, -0.25) is 9.88 Å². The fourth-order valence-electron chi connectivity index (χ4n) is 2.43. The third-order valence-corrected chi connectivity index (χ3v) is 4.06. The summed E-state index contributed by atoms with van der Waals surface area (Å²) in [7, 11) is 3.14. The molecule has 0 saturated heterocycles. The van der Waals surface area contributed by atoms with E-state index in [1.165, 1.54) is 18.1 Å². The van der Waals surface area contributed by atoms with Crippen LogP contribution >= 0.6 is 11.6 Å². The highest BCUT2D eigenvalue weighted by Crippen LogP contribution is 2.31. The zero-order chi connectivity index (χ0) is 18.5. The van der Waals surface area contributed by atoms with E-state index in [9.17, 15) is 4.79 Å². The number of aromatic nitrogens is 1. The van der Waals surface area contributed by atoms with Crippen molar-refractivity contribution in [2.24, 2.45) is 0 Å². The summed E-state index contributed by atoms with van der Waals surface area (Å²) in [5.74, 6) is 0.695. The predicted molar refractivity (Wildman–Crippen MR) is 102 cm³/mol. The smallest absolute Gasteiger partial charge is 0.419 e. The van der Waals surface area contributed by atoms with E-state index in [1.807, 2.05) is 36.4 Å². The lowest BCUT2D eigenvalue weighted by atomic mass is 10.1. The lowest BCUT2D eigenvalue weighted by Gasteiger charge is -2.18. The van der Waals surface area contributed by atoms with Crippen LogP contribution in [0.25, 0.3) is 11.1 Å². The maximum absolute atomic E-state index is 12.5. The maximum atomic E-state index is 12.5. The molecule has 0 aliphatic heterocycles. The molecule has 0 fully saturated rings. The molecule has 0 bridgehead atoms. The largest absolute Gasteiger partial charge is 0.493 e. The van der Waals surface area contributed by atoms with Gasteiger partial charge in [0.05, 0.1) is 7.11 Å². The number of hydrogen-bond donors (Lipinski definition) is 0. The number of carbonyl (C=O) groups excluding carboxylic acids is 1. The summed E-state index contributed by atoms with van der Waals surface area (Å²) < 4.78 is 10.6. The number of ether oxygens (including phenoxy) is 2. The van der Waals surface area contributed by atoms with Crippen LogP contribution in [0.1, 0.15) is 0 Å². The van der Waals surface area contributed by atoms with E-state index in [0.29, 0.717) is 16.5 Å². The van der Waals surface area contributed by atoms with Gasteiger partial charge in [-0.2, -0.15) is 0 Å². The van der Waals surface area contributed by atoms with Gasteiger partial charge in [0.25, 0.3) is 0 Å². The van der Waals surface area contributed by atoms with Crippen molar-refractivity contribution in [1.29, 1.82) is 0 Å². The Morgan fingerprint density at radius 2 is 1.85 bits per heavy atom. The van der Waals surface area contributed by atoms with E-state index in [0.717, 1.165) is 11.1 Å². The molecule has 3 aromatic rings. The Morgan fingerprint density at radius 1 is 1.04 bits per heavy atom. The lowest BCUT2D eigenvalue weighted by molar-refractivity contribution is 0.207. The number of rotatable bonds is 4. The minimum atomic E-state index is -0.547. The highest BCUT2D eigenvalue weighted by atomic mass is 35.5. The topological polar surface area (TPSA) is 51.7 Å². The van der Waals surface area contributed by atoms with Gasteiger partial charge in [-0.1, -0.05) is 29.8 Å². The number of methoxy groups -OCH3 is 1. The van der Waals surface area contributed by atoms with Crippen molar-refractivity contribution in [3.8, 4) is 22.6 Å². The number of benzene rings is 2. The van der Waals surface area contributed by atoms with Crippen LogP contribution in [0.15, 0.2) is 67.0 Å². The molecule has 0 radical (unpaired) electrons. The van der Waals surface area contributed by atoms with Crippen LogP contribution in [0.4, 0.5) is 10.5 Å². The normalized spacial score (nSPS) is 10.3. The zero-order valence-corrected chi connectivity index (χ0v) is 15.1. The Kier molecular flexibility index (Phi) is 5.39. The number of hydrogen-bond acceptors (Lipinski definition) is 4. The second-order valence-corrected chi connectivity index (χ2v) is 5.95. The summed E-state index contributed by atoms with van der Waals surface area (Å²) in [6, 6.07) is 16.2. The van der Waals surface area contributed by atoms with Crippen LogP contribution in [0, 0.1) is 0 Å². The van der Waals surface area contributed by atoms with Crippen molar-refractivity contribution < 1.29 is 14.3 Å². The molecule has 5 nitrogen and oxygen atoms in total. The van der Waals surface area contributed by atoms with Crippen LogP contribution in [0.2, 0.25) is 5.02 Å². The lowest BCUT2D eigenvalue weighted by Crippen LogP contribution is -2.29. The van der Waals surface area contributed by atoms with Gasteiger partial charge >= 0.3 is 6.09 Å². The van der Waals surface area contributed by atoms with Gasteiger partial charge in [0.15, 0.2) is 11.5 Å². The maximum Gasteiger partial charge on any atom is 0.419 e. The Hall–Kier alpha value is -3.05. The van der Waals surface area contributed by atoms with Crippen LogP contribution in [-0.4, -0.2) is 25.2 Å². The molecule has 0 aliphatic rings. The monoisotopic (exact) mass is 368 g/mol. The highest BCUT2D eigenvalue weighted by molar-refractivity contribution is 6.30. The third kappa shape index (κ3) is 3.95. The van der Waals surface area contributed by atoms with E-state index < -0.39 is 6.09 Å². The number of nitrogens with zero attached hydrogens (tertiary/aromatic N) is 2. The van der Waals surface area contributed by atoms with Gasteiger partial charge < -0.3 is 9.47 Å². The molecule has 6 heteroatoms. The summed E-state index contributed by atoms with van der Waals surface area (Å²) in [6.45, 7) is 0. The van der Waals surface area contributed by atoms with E-state index >= 15 is 0 Å². The van der Waals surface area contributed by atoms with E-state index in [2.05, 4.69) is 4.98 Å². The fourth-order valence-corrected chi connectivity index (χ4v) is 2.59. The standard InChI is InChI=1S/C20H17ClN2O3/c1-23(20(24)26-19-12-16(21)8-9-18(19)25-2)17-7-3-5-14(11-17)15-6-4-10-22-13-15/h3-13H,1-2H3. The number of pyridine rings is 1. The van der Waals surface area contributed by atoms with Gasteiger partial charge in [-0.15, -0.1) is 0 Å². The average Bonchev–Trinajstić information content (AvgIpc) is 2.68.